The molecule has 0 aromatic carbocycles. The zero-order valence-electron chi connectivity index (χ0n) is 20.4. The van der Waals surface area contributed by atoms with Gasteiger partial charge in [0.1, 0.15) is 0 Å². The van der Waals surface area contributed by atoms with E-state index in [0.29, 0.717) is 0 Å². The fourth-order valence-electron chi connectivity index (χ4n) is 3.20. The van der Waals surface area contributed by atoms with Gasteiger partial charge < -0.3 is 17.7 Å². The van der Waals surface area contributed by atoms with Crippen molar-refractivity contribution in [3.8, 4) is 0 Å². The molecule has 0 N–H and O–H groups in total. The summed E-state index contributed by atoms with van der Waals surface area (Å²) < 4.78 is 25.1. The van der Waals surface area contributed by atoms with Gasteiger partial charge in [0.2, 0.25) is 0 Å². The molecule has 0 aromatic rings. The molecular formula is C20H48O4Si3. The van der Waals surface area contributed by atoms with Gasteiger partial charge in [-0.25, -0.2) is 0 Å². The van der Waals surface area contributed by atoms with Crippen LogP contribution in [0.2, 0.25) is 51.9 Å². The number of ether oxygens (including phenoxy) is 2. The quantitative estimate of drug-likeness (QED) is 0.290. The molecule has 27 heavy (non-hydrogen) atoms. The van der Waals surface area contributed by atoms with Crippen molar-refractivity contribution >= 4 is 25.2 Å². The molecule has 0 spiro atoms. The molecule has 0 fully saturated rings. The van der Waals surface area contributed by atoms with Crippen LogP contribution in [0.1, 0.15) is 53.4 Å². The van der Waals surface area contributed by atoms with Gasteiger partial charge in [0.15, 0.2) is 16.6 Å². The van der Waals surface area contributed by atoms with E-state index in [1.165, 1.54) is 0 Å². The highest BCUT2D eigenvalue weighted by molar-refractivity contribution is 6.87. The van der Waals surface area contributed by atoms with E-state index < -0.39 is 25.2 Å². The second kappa shape index (κ2) is 10.5. The molecule has 1 unspecified atom stereocenters. The molecule has 1 atom stereocenters. The molecule has 0 saturated carbocycles. The lowest BCUT2D eigenvalue weighted by atomic mass is 9.97. The average Bonchev–Trinajstić information content (AvgIpc) is 2.42. The molecule has 7 heteroatoms. The minimum Gasteiger partial charge on any atom is -0.437 e. The molecule has 0 bridgehead atoms. The minimum absolute atomic E-state index is 0.0859. The smallest absolute Gasteiger partial charge is 0.314 e. The largest absolute Gasteiger partial charge is 0.437 e. The Bertz CT molecular complexity index is 414. The van der Waals surface area contributed by atoms with Crippen LogP contribution in [-0.2, 0) is 17.7 Å². The number of hydrogen-bond acceptors (Lipinski definition) is 4. The summed E-state index contributed by atoms with van der Waals surface area (Å²) in [6.07, 6.45) is 4.06. The molecule has 4 nitrogen and oxygen atoms in total. The van der Waals surface area contributed by atoms with E-state index in [9.17, 15) is 0 Å². The third kappa shape index (κ3) is 13.4. The number of rotatable bonds is 14. The molecule has 0 amide bonds. The van der Waals surface area contributed by atoms with Crippen molar-refractivity contribution in [1.29, 1.82) is 0 Å². The molecule has 0 saturated heterocycles. The Morgan fingerprint density at radius 2 is 1.26 bits per heavy atom. The fourth-order valence-corrected chi connectivity index (χ4v) is 15.7. The third-order valence-electron chi connectivity index (χ3n) is 4.84. The topological polar surface area (TPSA) is 36.9 Å². The summed E-state index contributed by atoms with van der Waals surface area (Å²) in [5.74, 6) is 0. The van der Waals surface area contributed by atoms with Gasteiger partial charge in [-0.1, -0.05) is 6.92 Å². The predicted molar refractivity (Wildman–Crippen MR) is 125 cm³/mol. The molecule has 0 radical (unpaired) electrons. The number of methoxy groups -OCH3 is 1. The Balaban J connectivity index is 4.80. The van der Waals surface area contributed by atoms with Crippen molar-refractivity contribution in [3.63, 3.8) is 0 Å². The van der Waals surface area contributed by atoms with Gasteiger partial charge in [0.05, 0.1) is 17.8 Å². The zero-order valence-corrected chi connectivity index (χ0v) is 23.4. The van der Waals surface area contributed by atoms with Crippen LogP contribution in [0.25, 0.3) is 0 Å². The van der Waals surface area contributed by atoms with E-state index in [0.717, 1.165) is 38.3 Å². The van der Waals surface area contributed by atoms with Crippen molar-refractivity contribution in [3.05, 3.63) is 0 Å². The summed E-state index contributed by atoms with van der Waals surface area (Å²) in [7, 11) is -3.64. The lowest BCUT2D eigenvalue weighted by Crippen LogP contribution is -2.52. The first kappa shape index (κ1) is 27.5. The van der Waals surface area contributed by atoms with E-state index in [-0.39, 0.29) is 11.2 Å². The molecule has 0 aromatic heterocycles. The predicted octanol–water partition coefficient (Wildman–Crippen LogP) is 6.54. The fraction of sp³-hybridized carbons (Fsp3) is 1.00. The second-order valence-corrected chi connectivity index (χ2v) is 23.6. The second-order valence-electron chi connectivity index (χ2n) is 10.8. The first-order valence-electron chi connectivity index (χ1n) is 10.5. The van der Waals surface area contributed by atoms with Crippen LogP contribution in [0.15, 0.2) is 0 Å². The van der Waals surface area contributed by atoms with E-state index in [1.54, 1.807) is 7.11 Å². The molecular weight excluding hydrogens is 388 g/mol. The van der Waals surface area contributed by atoms with Crippen LogP contribution < -0.4 is 0 Å². The highest BCUT2D eigenvalue weighted by Gasteiger charge is 2.40. The molecule has 0 aliphatic rings. The Hall–Kier alpha value is 0.491. The molecule has 164 valence electrons. The van der Waals surface area contributed by atoms with Gasteiger partial charge >= 0.3 is 8.56 Å². The summed E-state index contributed by atoms with van der Waals surface area (Å²) in [4.78, 5) is 0. The molecule has 0 aliphatic heterocycles. The van der Waals surface area contributed by atoms with E-state index in [4.69, 9.17) is 17.7 Å². The summed E-state index contributed by atoms with van der Waals surface area (Å²) in [5, 5.41) is 0. The summed E-state index contributed by atoms with van der Waals surface area (Å²) >= 11 is 0. The maximum atomic E-state index is 6.62. The average molecular weight is 437 g/mol. The van der Waals surface area contributed by atoms with Crippen molar-refractivity contribution in [2.75, 3.05) is 13.7 Å². The summed E-state index contributed by atoms with van der Waals surface area (Å²) in [6, 6.07) is 1.05. The highest BCUT2D eigenvalue weighted by Crippen LogP contribution is 2.30. The van der Waals surface area contributed by atoms with Gasteiger partial charge in [-0.3, -0.25) is 0 Å². The highest BCUT2D eigenvalue weighted by atomic mass is 28.5. The standard InChI is InChI=1S/C20H48O4Si3/c1-13-20(4,22-17-16-19(2,3)21-5)15-14-18-27(12,23-25(6,7)8)24-26(9,10)11/h13-18H2,1-12H3. The van der Waals surface area contributed by atoms with Crippen LogP contribution in [0.3, 0.4) is 0 Å². The Morgan fingerprint density at radius 3 is 1.63 bits per heavy atom. The monoisotopic (exact) mass is 436 g/mol. The van der Waals surface area contributed by atoms with E-state index in [1.807, 2.05) is 0 Å². The van der Waals surface area contributed by atoms with Gasteiger partial charge in [-0.05, 0) is 98.3 Å². The van der Waals surface area contributed by atoms with Gasteiger partial charge in [0, 0.05) is 7.11 Å². The molecule has 0 heterocycles. The summed E-state index contributed by atoms with van der Waals surface area (Å²) in [5.41, 5.74) is -0.214. The Kier molecular flexibility index (Phi) is 10.7. The van der Waals surface area contributed by atoms with Crippen LogP contribution in [0.5, 0.6) is 0 Å². The lowest BCUT2D eigenvalue weighted by Gasteiger charge is -2.39. The molecule has 0 rings (SSSR count). The van der Waals surface area contributed by atoms with Gasteiger partial charge in [0.25, 0.3) is 0 Å². The van der Waals surface area contributed by atoms with E-state index >= 15 is 0 Å². The lowest BCUT2D eigenvalue weighted by molar-refractivity contribution is -0.0719. The van der Waals surface area contributed by atoms with Crippen LogP contribution in [0, 0.1) is 0 Å². The van der Waals surface area contributed by atoms with Crippen LogP contribution in [0.4, 0.5) is 0 Å². The van der Waals surface area contributed by atoms with Gasteiger partial charge in [-0.15, -0.1) is 0 Å². The number of hydrogen-bond donors (Lipinski definition) is 0. The van der Waals surface area contributed by atoms with Crippen molar-refractivity contribution in [2.45, 2.75) is 116 Å². The van der Waals surface area contributed by atoms with Crippen LogP contribution in [-0.4, -0.2) is 50.1 Å². The minimum atomic E-state index is -2.15. The van der Waals surface area contributed by atoms with Gasteiger partial charge in [-0.2, -0.15) is 0 Å². The first-order chi connectivity index (χ1) is 11.9. The van der Waals surface area contributed by atoms with Crippen molar-refractivity contribution < 1.29 is 17.7 Å². The van der Waals surface area contributed by atoms with Crippen molar-refractivity contribution in [1.82, 2.24) is 0 Å². The normalized spacial score (nSPS) is 16.4. The maximum absolute atomic E-state index is 6.62. The zero-order chi connectivity index (χ0) is 21.6. The molecule has 0 aliphatic carbocycles. The maximum Gasteiger partial charge on any atom is 0.314 e. The first-order valence-corrected chi connectivity index (χ1v) is 19.9. The van der Waals surface area contributed by atoms with Crippen LogP contribution >= 0.6 is 0 Å². The Labute approximate surface area is 173 Å². The summed E-state index contributed by atoms with van der Waals surface area (Å²) in [6.45, 7) is 25.3. The SMILES string of the molecule is CCC(C)(CCC[Si](C)(O[Si](C)(C)C)O[Si](C)(C)C)OCCC(C)(C)OC. The van der Waals surface area contributed by atoms with Crippen molar-refractivity contribution in [2.24, 2.45) is 0 Å². The Morgan fingerprint density at radius 1 is 0.778 bits per heavy atom. The van der Waals surface area contributed by atoms with E-state index in [2.05, 4.69) is 73.5 Å². The third-order valence-corrected chi connectivity index (χ3v) is 14.5.